The summed E-state index contributed by atoms with van der Waals surface area (Å²) in [5.74, 6) is 0.352. The predicted molar refractivity (Wildman–Crippen MR) is 94.6 cm³/mol. The number of amides is 1. The quantitative estimate of drug-likeness (QED) is 0.809. The average Bonchev–Trinajstić information content (AvgIpc) is 2.87. The van der Waals surface area contributed by atoms with E-state index in [2.05, 4.69) is 5.10 Å². The highest BCUT2D eigenvalue weighted by Crippen LogP contribution is 2.27. The first-order valence-electron chi connectivity index (χ1n) is 9.11. The van der Waals surface area contributed by atoms with Crippen molar-refractivity contribution in [1.82, 2.24) is 19.0 Å². The maximum Gasteiger partial charge on any atom is 0.246 e. The van der Waals surface area contributed by atoms with Crippen LogP contribution in [-0.2, 0) is 21.9 Å². The number of hydrogen-bond acceptors (Lipinski definition) is 4. The molecule has 2 heterocycles. The predicted octanol–water partition coefficient (Wildman–Crippen LogP) is 1.45. The Labute approximate surface area is 150 Å². The number of carbonyl (C=O) groups is 1. The van der Waals surface area contributed by atoms with E-state index in [0.29, 0.717) is 42.5 Å². The summed E-state index contributed by atoms with van der Waals surface area (Å²) in [6, 6.07) is 0. The van der Waals surface area contributed by atoms with E-state index in [0.717, 1.165) is 25.7 Å². The smallest absolute Gasteiger partial charge is 0.246 e. The maximum atomic E-state index is 13.0. The van der Waals surface area contributed by atoms with Crippen LogP contribution in [0.2, 0.25) is 0 Å². The lowest BCUT2D eigenvalue weighted by molar-refractivity contribution is -0.137. The molecule has 0 aromatic carbocycles. The van der Waals surface area contributed by atoms with Crippen LogP contribution >= 0.6 is 0 Å². The van der Waals surface area contributed by atoms with Crippen molar-refractivity contribution < 1.29 is 13.2 Å². The molecule has 1 aromatic rings. The van der Waals surface area contributed by atoms with Gasteiger partial charge in [-0.25, -0.2) is 8.42 Å². The fourth-order valence-electron chi connectivity index (χ4n) is 4.01. The third-order valence-corrected chi connectivity index (χ3v) is 7.70. The Hall–Kier alpha value is -1.41. The molecule has 1 saturated heterocycles. The van der Waals surface area contributed by atoms with Gasteiger partial charge in [-0.3, -0.25) is 9.48 Å². The normalized spacial score (nSPS) is 20.8. The lowest BCUT2D eigenvalue weighted by Gasteiger charge is -2.36. The van der Waals surface area contributed by atoms with Crippen LogP contribution in [0.4, 0.5) is 0 Å². The summed E-state index contributed by atoms with van der Waals surface area (Å²) >= 11 is 0. The Kier molecular flexibility index (Phi) is 5.20. The summed E-state index contributed by atoms with van der Waals surface area (Å²) in [6.45, 7) is 5.17. The van der Waals surface area contributed by atoms with E-state index < -0.39 is 10.0 Å². The highest BCUT2D eigenvalue weighted by atomic mass is 32.2. The van der Waals surface area contributed by atoms with Gasteiger partial charge in [0.15, 0.2) is 0 Å². The molecule has 2 aliphatic rings. The van der Waals surface area contributed by atoms with Gasteiger partial charge in [-0.15, -0.1) is 0 Å². The largest absolute Gasteiger partial charge is 0.340 e. The summed E-state index contributed by atoms with van der Waals surface area (Å²) in [6.07, 6.45) is 5.44. The van der Waals surface area contributed by atoms with Crippen molar-refractivity contribution in [3.63, 3.8) is 0 Å². The fraction of sp³-hybridized carbons (Fsp3) is 0.765. The summed E-state index contributed by atoms with van der Waals surface area (Å²) in [5.41, 5.74) is 1.18. The molecule has 0 unspecified atom stereocenters. The standard InChI is InChI=1S/C17H28N4O3S/c1-13-16(14(2)19(3)18-13)25(23,24)21-11-9-20(10-12-21)17(22)15-7-5-4-6-8-15/h15H,4-12H2,1-3H3. The van der Waals surface area contributed by atoms with Gasteiger partial charge in [0.1, 0.15) is 4.90 Å². The summed E-state index contributed by atoms with van der Waals surface area (Å²) in [5, 5.41) is 4.22. The molecule has 1 aliphatic heterocycles. The molecule has 25 heavy (non-hydrogen) atoms. The molecule has 0 spiro atoms. The van der Waals surface area contributed by atoms with Crippen molar-refractivity contribution in [3.05, 3.63) is 11.4 Å². The molecule has 3 rings (SSSR count). The molecule has 0 radical (unpaired) electrons. The zero-order chi connectivity index (χ0) is 18.2. The van der Waals surface area contributed by atoms with Crippen LogP contribution in [0, 0.1) is 19.8 Å². The van der Waals surface area contributed by atoms with Gasteiger partial charge in [0, 0.05) is 39.1 Å². The van der Waals surface area contributed by atoms with Crippen LogP contribution in [0.5, 0.6) is 0 Å². The van der Waals surface area contributed by atoms with Gasteiger partial charge in [-0.1, -0.05) is 19.3 Å². The van der Waals surface area contributed by atoms with Gasteiger partial charge in [0.05, 0.1) is 11.4 Å². The average molecular weight is 369 g/mol. The summed E-state index contributed by atoms with van der Waals surface area (Å²) in [7, 11) is -1.81. The molecule has 7 nitrogen and oxygen atoms in total. The van der Waals surface area contributed by atoms with Crippen molar-refractivity contribution in [1.29, 1.82) is 0 Å². The number of carbonyl (C=O) groups excluding carboxylic acids is 1. The molecular weight excluding hydrogens is 340 g/mol. The molecule has 1 amide bonds. The van der Waals surface area contributed by atoms with E-state index in [1.165, 1.54) is 10.7 Å². The van der Waals surface area contributed by atoms with Gasteiger partial charge in [-0.2, -0.15) is 9.40 Å². The Morgan fingerprint density at radius 2 is 1.64 bits per heavy atom. The van der Waals surface area contributed by atoms with Crippen LogP contribution in [0.15, 0.2) is 4.90 Å². The number of aryl methyl sites for hydroxylation is 2. The van der Waals surface area contributed by atoms with Crippen LogP contribution in [0.3, 0.4) is 0 Å². The number of nitrogens with zero attached hydrogens (tertiary/aromatic N) is 4. The van der Waals surface area contributed by atoms with E-state index >= 15 is 0 Å². The molecule has 0 bridgehead atoms. The zero-order valence-electron chi connectivity index (χ0n) is 15.4. The first-order chi connectivity index (χ1) is 11.8. The van der Waals surface area contributed by atoms with Gasteiger partial charge in [0.25, 0.3) is 0 Å². The minimum Gasteiger partial charge on any atom is -0.340 e. The monoisotopic (exact) mass is 368 g/mol. The van der Waals surface area contributed by atoms with E-state index in [9.17, 15) is 13.2 Å². The molecule has 1 aromatic heterocycles. The van der Waals surface area contributed by atoms with Crippen molar-refractivity contribution in [2.24, 2.45) is 13.0 Å². The van der Waals surface area contributed by atoms with E-state index in [1.54, 1.807) is 25.6 Å². The lowest BCUT2D eigenvalue weighted by Crippen LogP contribution is -2.52. The number of piperazine rings is 1. The number of rotatable bonds is 3. The van der Waals surface area contributed by atoms with Crippen LogP contribution < -0.4 is 0 Å². The van der Waals surface area contributed by atoms with E-state index in [1.807, 2.05) is 4.90 Å². The molecule has 1 saturated carbocycles. The Balaban J connectivity index is 1.68. The molecule has 8 heteroatoms. The first-order valence-corrected chi connectivity index (χ1v) is 10.6. The second-order valence-electron chi connectivity index (χ2n) is 7.19. The molecule has 2 fully saturated rings. The second kappa shape index (κ2) is 7.07. The van der Waals surface area contributed by atoms with Gasteiger partial charge in [-0.05, 0) is 26.7 Å². The number of sulfonamides is 1. The third kappa shape index (κ3) is 3.46. The summed E-state index contributed by atoms with van der Waals surface area (Å²) < 4.78 is 29.1. The van der Waals surface area contributed by atoms with Crippen molar-refractivity contribution in [2.45, 2.75) is 50.8 Å². The fourth-order valence-corrected chi connectivity index (χ4v) is 5.83. The molecule has 140 valence electrons. The SMILES string of the molecule is Cc1nn(C)c(C)c1S(=O)(=O)N1CCN(C(=O)C2CCCCC2)CC1. The van der Waals surface area contributed by atoms with Gasteiger partial charge < -0.3 is 4.90 Å². The Morgan fingerprint density at radius 1 is 1.04 bits per heavy atom. The zero-order valence-corrected chi connectivity index (χ0v) is 16.2. The Bertz CT molecular complexity index is 742. The second-order valence-corrected chi connectivity index (χ2v) is 9.06. The van der Waals surface area contributed by atoms with E-state index in [-0.39, 0.29) is 11.8 Å². The van der Waals surface area contributed by atoms with Gasteiger partial charge >= 0.3 is 0 Å². The maximum absolute atomic E-state index is 13.0. The minimum atomic E-state index is -3.56. The molecular formula is C17H28N4O3S. The molecule has 1 aliphatic carbocycles. The summed E-state index contributed by atoms with van der Waals surface area (Å²) in [4.78, 5) is 14.8. The van der Waals surface area contributed by atoms with Gasteiger partial charge in [0.2, 0.25) is 15.9 Å². The minimum absolute atomic E-state index is 0.139. The van der Waals surface area contributed by atoms with Crippen molar-refractivity contribution in [3.8, 4) is 0 Å². The highest BCUT2D eigenvalue weighted by molar-refractivity contribution is 7.89. The molecule has 0 atom stereocenters. The molecule has 0 N–H and O–H groups in total. The van der Waals surface area contributed by atoms with E-state index in [4.69, 9.17) is 0 Å². The van der Waals surface area contributed by atoms with Crippen LogP contribution in [0.1, 0.15) is 43.5 Å². The topological polar surface area (TPSA) is 75.5 Å². The Morgan fingerprint density at radius 3 is 2.16 bits per heavy atom. The van der Waals surface area contributed by atoms with Crippen LogP contribution in [0.25, 0.3) is 0 Å². The third-order valence-electron chi connectivity index (χ3n) is 5.55. The van der Waals surface area contributed by atoms with Crippen molar-refractivity contribution in [2.75, 3.05) is 26.2 Å². The van der Waals surface area contributed by atoms with Crippen LogP contribution in [-0.4, -0.2) is 59.5 Å². The number of hydrogen-bond donors (Lipinski definition) is 0. The van der Waals surface area contributed by atoms with Crippen molar-refractivity contribution >= 4 is 15.9 Å². The first kappa shape index (κ1) is 18.4. The number of aromatic nitrogens is 2. The lowest BCUT2D eigenvalue weighted by atomic mass is 9.88. The highest BCUT2D eigenvalue weighted by Gasteiger charge is 2.35.